The number of hydrogen-bond donors (Lipinski definition) is 1. The molecule has 0 amide bonds. The van der Waals surface area contributed by atoms with Gasteiger partial charge in [0, 0.05) is 30.9 Å². The molecule has 1 atom stereocenters. The zero-order chi connectivity index (χ0) is 24.0. The Morgan fingerprint density at radius 1 is 1.24 bits per heavy atom. The number of rotatable bonds is 9. The molecule has 1 N–H and O–H groups in total. The zero-order valence-corrected chi connectivity index (χ0v) is 20.1. The van der Waals surface area contributed by atoms with Crippen molar-refractivity contribution >= 4 is 27.8 Å². The van der Waals surface area contributed by atoms with Gasteiger partial charge in [-0.25, -0.2) is 18.7 Å². The third kappa shape index (κ3) is 7.85. The fourth-order valence-corrected chi connectivity index (χ4v) is 3.76. The molecule has 0 unspecified atom stereocenters. The van der Waals surface area contributed by atoms with Crippen LogP contribution in [0, 0.1) is 11.6 Å². The van der Waals surface area contributed by atoms with Crippen molar-refractivity contribution in [1.82, 2.24) is 25.0 Å². The molecule has 1 aromatic carbocycles. The van der Waals surface area contributed by atoms with Crippen molar-refractivity contribution in [3.05, 3.63) is 64.2 Å². The Kier molecular flexibility index (Phi) is 8.06. The van der Waals surface area contributed by atoms with Crippen molar-refractivity contribution < 1.29 is 18.3 Å². The molecular weight excluding hydrogens is 498 g/mol. The van der Waals surface area contributed by atoms with Crippen LogP contribution in [-0.2, 0) is 22.5 Å². The van der Waals surface area contributed by atoms with E-state index in [2.05, 4.69) is 41.5 Å². The van der Waals surface area contributed by atoms with E-state index in [4.69, 9.17) is 4.74 Å². The highest BCUT2D eigenvalue weighted by Gasteiger charge is 2.25. The second kappa shape index (κ2) is 10.8. The van der Waals surface area contributed by atoms with Crippen LogP contribution in [0.15, 0.2) is 41.3 Å². The highest BCUT2D eigenvalue weighted by molar-refractivity contribution is 9.10. The molecule has 0 radical (unpaired) electrons. The smallest absolute Gasteiger partial charge is 0.306 e. The Morgan fingerprint density at radius 3 is 2.61 bits per heavy atom. The summed E-state index contributed by atoms with van der Waals surface area (Å²) in [5.41, 5.74) is 0.278. The van der Waals surface area contributed by atoms with E-state index in [0.29, 0.717) is 34.8 Å². The highest BCUT2D eigenvalue weighted by Crippen LogP contribution is 2.31. The first kappa shape index (κ1) is 24.7. The largest absolute Gasteiger partial charge is 0.460 e. The van der Waals surface area contributed by atoms with Gasteiger partial charge in [-0.15, -0.1) is 5.10 Å². The standard InChI is InChI=1S/C22H25BrF2N6O2/c1-22(2,3)33-19(32)11-15(8-14-9-16(24)12-17(25)10-14)20-18(23)13-27-21(29-20)26-4-6-31-7-5-28-30-31/h5,7,9-10,12-13,15H,4,6,8,11H2,1-3H3,(H,26,27,29)/t15-/m1/s1. The average Bonchev–Trinajstić information content (AvgIpc) is 3.20. The van der Waals surface area contributed by atoms with Gasteiger partial charge in [0.15, 0.2) is 0 Å². The minimum atomic E-state index is -0.682. The lowest BCUT2D eigenvalue weighted by Crippen LogP contribution is -2.25. The Hall–Kier alpha value is -2.95. The average molecular weight is 523 g/mol. The van der Waals surface area contributed by atoms with E-state index in [1.54, 1.807) is 44.0 Å². The predicted octanol–water partition coefficient (Wildman–Crippen LogP) is 4.28. The van der Waals surface area contributed by atoms with Crippen molar-refractivity contribution in [3.63, 3.8) is 0 Å². The molecule has 8 nitrogen and oxygen atoms in total. The number of hydrogen-bond acceptors (Lipinski definition) is 7. The van der Waals surface area contributed by atoms with E-state index in [9.17, 15) is 13.6 Å². The SMILES string of the molecule is CC(C)(C)OC(=O)C[C@@H](Cc1cc(F)cc(F)c1)c1nc(NCCn2ccnn2)ncc1Br. The molecule has 11 heteroatoms. The normalized spacial score (nSPS) is 12.4. The molecule has 0 saturated carbocycles. The van der Waals surface area contributed by atoms with E-state index in [1.165, 1.54) is 12.1 Å². The molecule has 0 saturated heterocycles. The summed E-state index contributed by atoms with van der Waals surface area (Å²) in [7, 11) is 0. The summed E-state index contributed by atoms with van der Waals surface area (Å²) in [5, 5.41) is 10.8. The first-order valence-corrected chi connectivity index (χ1v) is 11.2. The third-order valence-electron chi connectivity index (χ3n) is 4.49. The van der Waals surface area contributed by atoms with Crippen molar-refractivity contribution in [3.8, 4) is 0 Å². The lowest BCUT2D eigenvalue weighted by Gasteiger charge is -2.23. The maximum absolute atomic E-state index is 13.8. The molecule has 0 spiro atoms. The summed E-state index contributed by atoms with van der Waals surface area (Å²) in [6.45, 7) is 6.38. The summed E-state index contributed by atoms with van der Waals surface area (Å²) in [4.78, 5) is 21.4. The predicted molar refractivity (Wildman–Crippen MR) is 122 cm³/mol. The maximum atomic E-state index is 13.8. The first-order valence-electron chi connectivity index (χ1n) is 10.4. The van der Waals surface area contributed by atoms with Crippen molar-refractivity contribution in [1.29, 1.82) is 0 Å². The second-order valence-corrected chi connectivity index (χ2v) is 9.34. The number of nitrogens with zero attached hydrogens (tertiary/aromatic N) is 5. The van der Waals surface area contributed by atoms with Gasteiger partial charge in [-0.2, -0.15) is 0 Å². The Bertz CT molecular complexity index is 1070. The van der Waals surface area contributed by atoms with Gasteiger partial charge in [-0.1, -0.05) is 5.21 Å². The number of esters is 1. The Morgan fingerprint density at radius 2 is 1.97 bits per heavy atom. The van der Waals surface area contributed by atoms with E-state index in [1.807, 2.05) is 0 Å². The number of halogens is 3. The lowest BCUT2D eigenvalue weighted by molar-refractivity contribution is -0.155. The summed E-state index contributed by atoms with van der Waals surface area (Å²) in [6, 6.07) is 3.30. The van der Waals surface area contributed by atoms with E-state index in [-0.39, 0.29) is 12.8 Å². The number of carbonyl (C=O) groups is 1. The Balaban J connectivity index is 1.83. The second-order valence-electron chi connectivity index (χ2n) is 8.49. The van der Waals surface area contributed by atoms with Gasteiger partial charge in [-0.05, 0) is 60.8 Å². The fourth-order valence-electron chi connectivity index (χ4n) is 3.25. The molecule has 0 aliphatic carbocycles. The van der Waals surface area contributed by atoms with Crippen LogP contribution in [0.25, 0.3) is 0 Å². The monoisotopic (exact) mass is 522 g/mol. The fraction of sp³-hybridized carbons (Fsp3) is 0.409. The van der Waals surface area contributed by atoms with Gasteiger partial charge in [-0.3, -0.25) is 9.48 Å². The minimum absolute atomic E-state index is 0.0244. The Labute approximate surface area is 198 Å². The minimum Gasteiger partial charge on any atom is -0.460 e. The van der Waals surface area contributed by atoms with Crippen molar-refractivity contribution in [2.75, 3.05) is 11.9 Å². The molecule has 0 bridgehead atoms. The zero-order valence-electron chi connectivity index (χ0n) is 18.6. The maximum Gasteiger partial charge on any atom is 0.306 e. The van der Waals surface area contributed by atoms with Gasteiger partial charge in [0.1, 0.15) is 17.2 Å². The molecule has 3 rings (SSSR count). The summed E-state index contributed by atoms with van der Waals surface area (Å²) in [6.07, 6.45) is 5.06. The van der Waals surface area contributed by atoms with Gasteiger partial charge >= 0.3 is 5.97 Å². The van der Waals surface area contributed by atoms with Crippen LogP contribution in [0.2, 0.25) is 0 Å². The van der Waals surface area contributed by atoms with E-state index in [0.717, 1.165) is 6.07 Å². The van der Waals surface area contributed by atoms with Gasteiger partial charge in [0.2, 0.25) is 5.95 Å². The van der Waals surface area contributed by atoms with Crippen LogP contribution >= 0.6 is 15.9 Å². The molecule has 0 fully saturated rings. The van der Waals surface area contributed by atoms with E-state index >= 15 is 0 Å². The molecule has 0 aliphatic heterocycles. The number of ether oxygens (including phenoxy) is 1. The van der Waals surface area contributed by atoms with Crippen LogP contribution in [0.3, 0.4) is 0 Å². The molecule has 3 aromatic rings. The number of aromatic nitrogens is 5. The number of benzene rings is 1. The van der Waals surface area contributed by atoms with Crippen LogP contribution in [0.5, 0.6) is 0 Å². The lowest BCUT2D eigenvalue weighted by atomic mass is 9.92. The first-order chi connectivity index (χ1) is 15.6. The summed E-state index contributed by atoms with van der Waals surface area (Å²) < 4.78 is 35.3. The van der Waals surface area contributed by atoms with Crippen molar-refractivity contribution in [2.24, 2.45) is 0 Å². The summed E-state index contributed by atoms with van der Waals surface area (Å²) >= 11 is 3.45. The molecule has 176 valence electrons. The summed E-state index contributed by atoms with van der Waals surface area (Å²) in [5.74, 6) is -1.95. The van der Waals surface area contributed by atoms with E-state index < -0.39 is 29.1 Å². The van der Waals surface area contributed by atoms with Crippen LogP contribution in [0.1, 0.15) is 44.4 Å². The third-order valence-corrected chi connectivity index (χ3v) is 5.10. The molecule has 2 heterocycles. The quantitative estimate of drug-likeness (QED) is 0.419. The van der Waals surface area contributed by atoms with Gasteiger partial charge in [0.05, 0.1) is 29.3 Å². The topological polar surface area (TPSA) is 94.8 Å². The van der Waals surface area contributed by atoms with Crippen LogP contribution in [0.4, 0.5) is 14.7 Å². The van der Waals surface area contributed by atoms with Crippen LogP contribution < -0.4 is 5.32 Å². The number of anilines is 1. The molecule has 2 aromatic heterocycles. The molecule has 33 heavy (non-hydrogen) atoms. The van der Waals surface area contributed by atoms with Crippen molar-refractivity contribution in [2.45, 2.75) is 51.7 Å². The highest BCUT2D eigenvalue weighted by atomic mass is 79.9. The number of nitrogens with one attached hydrogen (secondary N) is 1. The van der Waals surface area contributed by atoms with Crippen LogP contribution in [-0.4, -0.2) is 43.1 Å². The molecule has 0 aliphatic rings. The van der Waals surface area contributed by atoms with Gasteiger partial charge in [0.25, 0.3) is 0 Å². The molecular formula is C22H25BrF2N6O2. The number of carbonyl (C=O) groups excluding carboxylic acids is 1. The van der Waals surface area contributed by atoms with Gasteiger partial charge < -0.3 is 10.1 Å².